The SMILES string of the molecule is COCC1(CN2CCCC(N(C)C)C2)CCC1. The summed E-state index contributed by atoms with van der Waals surface area (Å²) in [6.07, 6.45) is 6.84. The van der Waals surface area contributed by atoms with Crippen molar-refractivity contribution < 1.29 is 4.74 Å². The number of likely N-dealkylation sites (N-methyl/N-ethyl adjacent to an activating group) is 1. The normalized spacial score (nSPS) is 29.3. The van der Waals surface area contributed by atoms with E-state index >= 15 is 0 Å². The molecular formula is C14H28N2O. The minimum Gasteiger partial charge on any atom is -0.384 e. The minimum atomic E-state index is 0.489. The van der Waals surface area contributed by atoms with Crippen molar-refractivity contribution in [2.45, 2.75) is 38.1 Å². The fraction of sp³-hybridized carbons (Fsp3) is 1.00. The van der Waals surface area contributed by atoms with Gasteiger partial charge in [0, 0.05) is 31.7 Å². The molecule has 1 saturated heterocycles. The van der Waals surface area contributed by atoms with E-state index in [0.717, 1.165) is 12.6 Å². The molecule has 3 nitrogen and oxygen atoms in total. The van der Waals surface area contributed by atoms with Gasteiger partial charge in [0.2, 0.25) is 0 Å². The van der Waals surface area contributed by atoms with E-state index in [9.17, 15) is 0 Å². The molecule has 1 saturated carbocycles. The lowest BCUT2D eigenvalue weighted by atomic mass is 9.69. The number of rotatable bonds is 5. The summed E-state index contributed by atoms with van der Waals surface area (Å²) in [5.74, 6) is 0. The van der Waals surface area contributed by atoms with Crippen molar-refractivity contribution in [2.75, 3.05) is 47.4 Å². The van der Waals surface area contributed by atoms with Gasteiger partial charge in [-0.1, -0.05) is 6.42 Å². The van der Waals surface area contributed by atoms with Crippen molar-refractivity contribution in [2.24, 2.45) is 5.41 Å². The van der Waals surface area contributed by atoms with Crippen LogP contribution < -0.4 is 0 Å². The highest BCUT2D eigenvalue weighted by atomic mass is 16.5. The average molecular weight is 240 g/mol. The second kappa shape index (κ2) is 5.68. The molecule has 0 N–H and O–H groups in total. The zero-order valence-corrected chi connectivity index (χ0v) is 11.7. The molecule has 0 aromatic carbocycles. The highest BCUT2D eigenvalue weighted by Crippen LogP contribution is 2.42. The van der Waals surface area contributed by atoms with E-state index in [1.165, 1.54) is 51.7 Å². The first-order chi connectivity index (χ1) is 8.15. The Morgan fingerprint density at radius 2 is 2.06 bits per heavy atom. The summed E-state index contributed by atoms with van der Waals surface area (Å²) in [7, 11) is 6.27. The Morgan fingerprint density at radius 1 is 1.29 bits per heavy atom. The van der Waals surface area contributed by atoms with Crippen molar-refractivity contribution in [1.82, 2.24) is 9.80 Å². The predicted octanol–water partition coefficient (Wildman–Crippen LogP) is 1.83. The zero-order chi connectivity index (χ0) is 12.3. The van der Waals surface area contributed by atoms with Crippen molar-refractivity contribution in [1.29, 1.82) is 0 Å². The summed E-state index contributed by atoms with van der Waals surface area (Å²) >= 11 is 0. The molecule has 1 aliphatic heterocycles. The number of hydrogen-bond acceptors (Lipinski definition) is 3. The van der Waals surface area contributed by atoms with Gasteiger partial charge in [-0.3, -0.25) is 0 Å². The highest BCUT2D eigenvalue weighted by molar-refractivity contribution is 4.92. The first kappa shape index (κ1) is 13.3. The molecule has 1 heterocycles. The summed E-state index contributed by atoms with van der Waals surface area (Å²) in [6.45, 7) is 4.75. The Morgan fingerprint density at radius 3 is 2.59 bits per heavy atom. The van der Waals surface area contributed by atoms with Gasteiger partial charge in [-0.05, 0) is 46.3 Å². The maximum Gasteiger partial charge on any atom is 0.0530 e. The molecule has 0 bridgehead atoms. The fourth-order valence-corrected chi connectivity index (χ4v) is 3.40. The summed E-state index contributed by atoms with van der Waals surface area (Å²) in [6, 6.07) is 0.753. The van der Waals surface area contributed by atoms with Gasteiger partial charge < -0.3 is 14.5 Å². The van der Waals surface area contributed by atoms with Gasteiger partial charge in [-0.15, -0.1) is 0 Å². The lowest BCUT2D eigenvalue weighted by Gasteiger charge is -2.47. The second-order valence-electron chi connectivity index (χ2n) is 6.28. The summed E-state index contributed by atoms with van der Waals surface area (Å²) in [5, 5.41) is 0. The van der Waals surface area contributed by atoms with E-state index in [4.69, 9.17) is 4.74 Å². The van der Waals surface area contributed by atoms with E-state index < -0.39 is 0 Å². The zero-order valence-electron chi connectivity index (χ0n) is 11.7. The van der Waals surface area contributed by atoms with Crippen LogP contribution in [0.2, 0.25) is 0 Å². The second-order valence-corrected chi connectivity index (χ2v) is 6.28. The molecule has 0 spiro atoms. The highest BCUT2D eigenvalue weighted by Gasteiger charge is 2.39. The van der Waals surface area contributed by atoms with Crippen LogP contribution in [-0.4, -0.2) is 63.3 Å². The maximum absolute atomic E-state index is 5.43. The molecule has 1 unspecified atom stereocenters. The smallest absolute Gasteiger partial charge is 0.0530 e. The predicted molar refractivity (Wildman–Crippen MR) is 71.3 cm³/mol. The van der Waals surface area contributed by atoms with Crippen LogP contribution in [-0.2, 0) is 4.74 Å². The van der Waals surface area contributed by atoms with Crippen LogP contribution in [0.3, 0.4) is 0 Å². The summed E-state index contributed by atoms with van der Waals surface area (Å²) in [5.41, 5.74) is 0.489. The molecule has 1 atom stereocenters. The minimum absolute atomic E-state index is 0.489. The first-order valence-corrected chi connectivity index (χ1v) is 7.03. The fourth-order valence-electron chi connectivity index (χ4n) is 3.40. The Balaban J connectivity index is 1.85. The lowest BCUT2D eigenvalue weighted by molar-refractivity contribution is -0.0222. The molecule has 0 radical (unpaired) electrons. The molecule has 2 fully saturated rings. The molecule has 0 amide bonds. The first-order valence-electron chi connectivity index (χ1n) is 7.03. The van der Waals surface area contributed by atoms with E-state index in [0.29, 0.717) is 5.41 Å². The number of likely N-dealkylation sites (tertiary alicyclic amines) is 1. The number of hydrogen-bond donors (Lipinski definition) is 0. The van der Waals surface area contributed by atoms with Gasteiger partial charge in [0.1, 0.15) is 0 Å². The van der Waals surface area contributed by atoms with Crippen molar-refractivity contribution in [3.05, 3.63) is 0 Å². The number of ether oxygens (including phenoxy) is 1. The molecule has 2 aliphatic rings. The van der Waals surface area contributed by atoms with Crippen LogP contribution in [0.15, 0.2) is 0 Å². The molecule has 17 heavy (non-hydrogen) atoms. The van der Waals surface area contributed by atoms with E-state index in [1.807, 2.05) is 7.11 Å². The van der Waals surface area contributed by atoms with Crippen molar-refractivity contribution in [3.63, 3.8) is 0 Å². The van der Waals surface area contributed by atoms with Crippen LogP contribution in [0.5, 0.6) is 0 Å². The van der Waals surface area contributed by atoms with Crippen LogP contribution >= 0.6 is 0 Å². The number of methoxy groups -OCH3 is 1. The van der Waals surface area contributed by atoms with Crippen LogP contribution in [0.4, 0.5) is 0 Å². The topological polar surface area (TPSA) is 15.7 Å². The van der Waals surface area contributed by atoms with Gasteiger partial charge in [0.25, 0.3) is 0 Å². The Labute approximate surface area is 106 Å². The van der Waals surface area contributed by atoms with Gasteiger partial charge in [-0.2, -0.15) is 0 Å². The largest absolute Gasteiger partial charge is 0.384 e. The van der Waals surface area contributed by atoms with Gasteiger partial charge in [-0.25, -0.2) is 0 Å². The average Bonchev–Trinajstić information content (AvgIpc) is 2.26. The molecule has 0 aromatic heterocycles. The molecule has 3 heteroatoms. The molecule has 2 rings (SSSR count). The number of piperidine rings is 1. The van der Waals surface area contributed by atoms with Crippen LogP contribution in [0, 0.1) is 5.41 Å². The molecular weight excluding hydrogens is 212 g/mol. The monoisotopic (exact) mass is 240 g/mol. The van der Waals surface area contributed by atoms with E-state index in [-0.39, 0.29) is 0 Å². The van der Waals surface area contributed by atoms with Crippen molar-refractivity contribution >= 4 is 0 Å². The third kappa shape index (κ3) is 3.21. The molecule has 100 valence electrons. The van der Waals surface area contributed by atoms with E-state index in [1.54, 1.807) is 0 Å². The maximum atomic E-state index is 5.43. The third-order valence-corrected chi connectivity index (χ3v) is 4.63. The van der Waals surface area contributed by atoms with Crippen LogP contribution in [0.1, 0.15) is 32.1 Å². The van der Waals surface area contributed by atoms with Crippen LogP contribution in [0.25, 0.3) is 0 Å². The van der Waals surface area contributed by atoms with Gasteiger partial charge >= 0.3 is 0 Å². The Bertz CT molecular complexity index is 238. The van der Waals surface area contributed by atoms with Gasteiger partial charge in [0.15, 0.2) is 0 Å². The lowest BCUT2D eigenvalue weighted by Crippen LogP contribution is -2.51. The van der Waals surface area contributed by atoms with Crippen molar-refractivity contribution in [3.8, 4) is 0 Å². The summed E-state index contributed by atoms with van der Waals surface area (Å²) < 4.78 is 5.43. The molecule has 0 aromatic rings. The van der Waals surface area contributed by atoms with E-state index in [2.05, 4.69) is 23.9 Å². The quantitative estimate of drug-likeness (QED) is 0.729. The van der Waals surface area contributed by atoms with Gasteiger partial charge in [0.05, 0.1) is 6.61 Å². The number of nitrogens with zero attached hydrogens (tertiary/aromatic N) is 2. The standard InChI is InChI=1S/C14H28N2O/c1-15(2)13-6-4-9-16(10-13)11-14(12-17-3)7-5-8-14/h13H,4-12H2,1-3H3. The Kier molecular flexibility index (Phi) is 4.45. The summed E-state index contributed by atoms with van der Waals surface area (Å²) in [4.78, 5) is 5.06. The third-order valence-electron chi connectivity index (χ3n) is 4.63. The Hall–Kier alpha value is -0.120. The molecule has 1 aliphatic carbocycles.